The topological polar surface area (TPSA) is 20.2 Å². The Hall–Kier alpha value is 0.258. The molecular weight excluding hydrogens is 163 g/mol. The Morgan fingerprint density at radius 1 is 1.62 bits per heavy atom. The summed E-state index contributed by atoms with van der Waals surface area (Å²) in [6.45, 7) is 0.330. The summed E-state index contributed by atoms with van der Waals surface area (Å²) in [6.07, 6.45) is 5.48. The van der Waals surface area contributed by atoms with E-state index in [1.807, 2.05) is 0 Å². The molecule has 0 amide bonds. The fourth-order valence-electron chi connectivity index (χ4n) is 0.942. The first kappa shape index (κ1) is 6.38. The van der Waals surface area contributed by atoms with Crippen LogP contribution >= 0.6 is 0 Å². The summed E-state index contributed by atoms with van der Waals surface area (Å²) in [5.41, 5.74) is 0. The molecule has 8 heavy (non-hydrogen) atoms. The van der Waals surface area contributed by atoms with E-state index in [4.69, 9.17) is 5.11 Å². The average Bonchev–Trinajstić information content (AvgIpc) is 2.14. The van der Waals surface area contributed by atoms with Gasteiger partial charge in [0, 0.05) is 0 Å². The van der Waals surface area contributed by atoms with Gasteiger partial charge in [0.1, 0.15) is 0 Å². The van der Waals surface area contributed by atoms with Gasteiger partial charge in [-0.1, -0.05) is 0 Å². The molecule has 1 aliphatic rings. The molecule has 0 aliphatic heterocycles. The summed E-state index contributed by atoms with van der Waals surface area (Å²) >= 11 is 1.76. The van der Waals surface area contributed by atoms with Crippen LogP contribution in [0, 0.1) is 5.92 Å². The Labute approximate surface area is 58.3 Å². The minimum atomic E-state index is 0.330. The molecule has 0 spiro atoms. The van der Waals surface area contributed by atoms with Crippen molar-refractivity contribution >= 4 is 16.9 Å². The van der Waals surface area contributed by atoms with Crippen LogP contribution in [0.3, 0.4) is 0 Å². The number of aliphatic hydroxyl groups excluding tert-OH is 1. The molecule has 3 atom stereocenters. The number of rotatable bonds is 1. The molecule has 1 N–H and O–H groups in total. The number of aliphatic hydroxyl groups is 1. The van der Waals surface area contributed by atoms with Crippen molar-refractivity contribution in [2.75, 3.05) is 6.61 Å². The third-order valence-electron chi connectivity index (χ3n) is 1.44. The van der Waals surface area contributed by atoms with Crippen LogP contribution in [0.25, 0.3) is 0 Å². The Kier molecular flexibility index (Phi) is 2.15. The molecular formula is C6H11AsO. The van der Waals surface area contributed by atoms with Crippen LogP contribution in [-0.4, -0.2) is 28.6 Å². The Morgan fingerprint density at radius 2 is 2.38 bits per heavy atom. The van der Waals surface area contributed by atoms with Gasteiger partial charge in [0.05, 0.1) is 0 Å². The van der Waals surface area contributed by atoms with Crippen molar-refractivity contribution in [2.24, 2.45) is 5.92 Å². The maximum atomic E-state index is 8.64. The molecule has 0 radical (unpaired) electrons. The molecule has 0 aromatic rings. The number of hydrogen-bond donors (Lipinski definition) is 1. The van der Waals surface area contributed by atoms with Gasteiger partial charge in [0.15, 0.2) is 0 Å². The van der Waals surface area contributed by atoms with Crippen molar-refractivity contribution in [3.8, 4) is 0 Å². The second-order valence-corrected chi connectivity index (χ2v) is 4.02. The van der Waals surface area contributed by atoms with E-state index >= 15 is 0 Å². The van der Waals surface area contributed by atoms with Crippen molar-refractivity contribution in [1.82, 2.24) is 0 Å². The first-order valence-electron chi connectivity index (χ1n) is 2.87. The zero-order valence-corrected chi connectivity index (χ0v) is 7.17. The van der Waals surface area contributed by atoms with Gasteiger partial charge in [0.25, 0.3) is 0 Å². The van der Waals surface area contributed by atoms with Gasteiger partial charge in [-0.25, -0.2) is 0 Å². The molecule has 0 bridgehead atoms. The van der Waals surface area contributed by atoms with E-state index < -0.39 is 0 Å². The van der Waals surface area contributed by atoms with Gasteiger partial charge in [-0.15, -0.1) is 0 Å². The summed E-state index contributed by atoms with van der Waals surface area (Å²) in [5.74, 6) is 0.465. The van der Waals surface area contributed by atoms with Crippen LogP contribution < -0.4 is 0 Å². The molecule has 0 fully saturated rings. The molecule has 46 valence electrons. The first-order valence-corrected chi connectivity index (χ1v) is 4.27. The van der Waals surface area contributed by atoms with Gasteiger partial charge < -0.3 is 0 Å². The standard InChI is InChI=1S/C6H11AsO/c7-6-2-1-5(3-6)4-8/h1-2,5-6,8H,3-4,7H2. The van der Waals surface area contributed by atoms with Crippen molar-refractivity contribution in [3.05, 3.63) is 12.2 Å². The number of allylic oxidation sites excluding steroid dienone is 1. The van der Waals surface area contributed by atoms with Gasteiger partial charge >= 0.3 is 57.8 Å². The first-order chi connectivity index (χ1) is 3.83. The van der Waals surface area contributed by atoms with E-state index in [1.165, 1.54) is 0 Å². The molecule has 3 unspecified atom stereocenters. The van der Waals surface area contributed by atoms with Gasteiger partial charge in [-0.2, -0.15) is 0 Å². The van der Waals surface area contributed by atoms with E-state index in [1.54, 1.807) is 16.9 Å². The van der Waals surface area contributed by atoms with E-state index in [2.05, 4.69) is 12.2 Å². The summed E-state index contributed by atoms with van der Waals surface area (Å²) in [6, 6.07) is 0. The molecule has 1 rings (SSSR count). The Bertz CT molecular complexity index is 101. The normalized spacial score (nSPS) is 36.2. The molecule has 1 nitrogen and oxygen atoms in total. The fourth-order valence-corrected chi connectivity index (χ4v) is 1.94. The van der Waals surface area contributed by atoms with Crippen LogP contribution in [0.2, 0.25) is 4.71 Å². The second-order valence-electron chi connectivity index (χ2n) is 2.23. The van der Waals surface area contributed by atoms with Crippen molar-refractivity contribution in [2.45, 2.75) is 11.1 Å². The van der Waals surface area contributed by atoms with Crippen LogP contribution in [0.4, 0.5) is 0 Å². The summed E-state index contributed by atoms with van der Waals surface area (Å²) in [5, 5.41) is 8.64. The molecule has 0 aromatic heterocycles. The molecule has 1 aliphatic carbocycles. The second kappa shape index (κ2) is 2.70. The van der Waals surface area contributed by atoms with Gasteiger partial charge in [-0.05, 0) is 0 Å². The van der Waals surface area contributed by atoms with Crippen LogP contribution in [0.1, 0.15) is 6.42 Å². The predicted molar refractivity (Wildman–Crippen MR) is 36.6 cm³/mol. The third-order valence-corrected chi connectivity index (χ3v) is 2.48. The SMILES string of the molecule is OCC1C=CC([AsH2])C1. The molecule has 2 heteroatoms. The van der Waals surface area contributed by atoms with E-state index in [9.17, 15) is 0 Å². The van der Waals surface area contributed by atoms with Crippen molar-refractivity contribution < 1.29 is 5.11 Å². The zero-order chi connectivity index (χ0) is 5.98. The summed E-state index contributed by atoms with van der Waals surface area (Å²) in [7, 11) is 0. The predicted octanol–water partition coefficient (Wildman–Crippen LogP) is -0.0236. The fraction of sp³-hybridized carbons (Fsp3) is 0.667. The van der Waals surface area contributed by atoms with Gasteiger partial charge in [-0.3, -0.25) is 0 Å². The summed E-state index contributed by atoms with van der Waals surface area (Å²) < 4.78 is 0.750. The third kappa shape index (κ3) is 1.37. The Balaban J connectivity index is 2.34. The minimum absolute atomic E-state index is 0.330. The van der Waals surface area contributed by atoms with Crippen LogP contribution in [0.15, 0.2) is 12.2 Å². The molecule has 0 heterocycles. The van der Waals surface area contributed by atoms with Crippen molar-refractivity contribution in [1.29, 1.82) is 0 Å². The van der Waals surface area contributed by atoms with E-state index in [0.29, 0.717) is 12.5 Å². The average molecular weight is 174 g/mol. The van der Waals surface area contributed by atoms with Gasteiger partial charge in [0.2, 0.25) is 0 Å². The summed E-state index contributed by atoms with van der Waals surface area (Å²) in [4.78, 5) is 0. The Morgan fingerprint density at radius 3 is 2.62 bits per heavy atom. The maximum absolute atomic E-state index is 8.64. The number of hydrogen-bond acceptors (Lipinski definition) is 1. The monoisotopic (exact) mass is 174 g/mol. The molecule has 0 saturated carbocycles. The van der Waals surface area contributed by atoms with Crippen molar-refractivity contribution in [3.63, 3.8) is 0 Å². The quantitative estimate of drug-likeness (QED) is 0.437. The molecule has 0 saturated heterocycles. The van der Waals surface area contributed by atoms with Crippen LogP contribution in [-0.2, 0) is 0 Å². The van der Waals surface area contributed by atoms with E-state index in [-0.39, 0.29) is 0 Å². The zero-order valence-electron chi connectivity index (χ0n) is 4.75. The van der Waals surface area contributed by atoms with Crippen LogP contribution in [0.5, 0.6) is 0 Å². The molecule has 0 aromatic carbocycles. The van der Waals surface area contributed by atoms with E-state index in [0.717, 1.165) is 11.1 Å².